The molecule has 17 heavy (non-hydrogen) atoms. The Morgan fingerprint density at radius 1 is 1.35 bits per heavy atom. The average Bonchev–Trinajstić information content (AvgIpc) is 2.30. The van der Waals surface area contributed by atoms with Crippen molar-refractivity contribution < 1.29 is 19.8 Å². The highest BCUT2D eigenvalue weighted by Crippen LogP contribution is 2.02. The number of carbonyl (C=O) groups excluding carboxylic acids is 1. The van der Waals surface area contributed by atoms with Crippen LogP contribution in [0.1, 0.15) is 32.6 Å². The summed E-state index contributed by atoms with van der Waals surface area (Å²) in [6, 6.07) is -0.763. The van der Waals surface area contributed by atoms with Crippen LogP contribution in [0.4, 0.5) is 0 Å². The van der Waals surface area contributed by atoms with Gasteiger partial charge >= 0.3 is 5.97 Å². The molecule has 0 saturated heterocycles. The van der Waals surface area contributed by atoms with Crippen LogP contribution >= 0.6 is 0 Å². The first-order valence-corrected chi connectivity index (χ1v) is 5.83. The molecule has 0 aliphatic heterocycles. The quantitative estimate of drug-likeness (QED) is 0.417. The van der Waals surface area contributed by atoms with Crippen molar-refractivity contribution in [2.24, 2.45) is 11.7 Å². The van der Waals surface area contributed by atoms with Crippen molar-refractivity contribution in [1.82, 2.24) is 5.32 Å². The lowest BCUT2D eigenvalue weighted by molar-refractivity contribution is -0.137. The zero-order chi connectivity index (χ0) is 13.3. The number of carbonyl (C=O) groups is 2. The van der Waals surface area contributed by atoms with E-state index < -0.39 is 12.0 Å². The maximum absolute atomic E-state index is 11.4. The zero-order valence-corrected chi connectivity index (χ0v) is 10.2. The molecule has 2 atom stereocenters. The van der Waals surface area contributed by atoms with E-state index >= 15 is 0 Å². The fourth-order valence-electron chi connectivity index (χ4n) is 1.29. The molecule has 0 spiro atoms. The highest BCUT2D eigenvalue weighted by molar-refractivity contribution is 5.82. The van der Waals surface area contributed by atoms with Crippen LogP contribution in [0.3, 0.4) is 0 Å². The third-order valence-corrected chi connectivity index (χ3v) is 2.49. The summed E-state index contributed by atoms with van der Waals surface area (Å²) >= 11 is 0. The fourth-order valence-corrected chi connectivity index (χ4v) is 1.29. The molecule has 0 bridgehead atoms. The van der Waals surface area contributed by atoms with Crippen molar-refractivity contribution in [1.29, 1.82) is 0 Å². The zero-order valence-electron chi connectivity index (χ0n) is 10.2. The molecule has 0 fully saturated rings. The van der Waals surface area contributed by atoms with Crippen LogP contribution in [-0.4, -0.2) is 41.3 Å². The van der Waals surface area contributed by atoms with Gasteiger partial charge in [-0.2, -0.15) is 0 Å². The van der Waals surface area contributed by atoms with Gasteiger partial charge in [0.05, 0.1) is 6.04 Å². The Kier molecular flexibility index (Phi) is 8.35. The van der Waals surface area contributed by atoms with Gasteiger partial charge in [0.25, 0.3) is 0 Å². The van der Waals surface area contributed by atoms with Gasteiger partial charge in [-0.25, -0.2) is 0 Å². The molecule has 1 amide bonds. The molecule has 0 aromatic rings. The third-order valence-electron chi connectivity index (χ3n) is 2.49. The van der Waals surface area contributed by atoms with E-state index in [0.29, 0.717) is 6.54 Å². The van der Waals surface area contributed by atoms with E-state index in [1.165, 1.54) is 0 Å². The second kappa shape index (κ2) is 8.95. The number of hydrogen-bond acceptors (Lipinski definition) is 4. The number of rotatable bonds is 9. The smallest absolute Gasteiger partial charge is 0.303 e. The number of carboxylic acids is 1. The molecule has 6 nitrogen and oxygen atoms in total. The molecule has 0 saturated carbocycles. The maximum Gasteiger partial charge on any atom is 0.303 e. The minimum atomic E-state index is -0.954. The summed E-state index contributed by atoms with van der Waals surface area (Å²) < 4.78 is 0. The van der Waals surface area contributed by atoms with Crippen molar-refractivity contribution in [2.75, 3.05) is 13.2 Å². The number of hydrogen-bond donors (Lipinski definition) is 4. The Hall–Kier alpha value is -1.14. The molecule has 0 aromatic heterocycles. The van der Waals surface area contributed by atoms with Crippen molar-refractivity contribution in [2.45, 2.75) is 38.6 Å². The normalized spacial score (nSPS) is 14.1. The number of nitrogens with two attached hydrogens (primary N) is 1. The molecule has 0 aromatic carbocycles. The summed E-state index contributed by atoms with van der Waals surface area (Å²) in [6.07, 6.45) is 1.66. The number of carboxylic acid groups (broad SMARTS) is 1. The Labute approximate surface area is 101 Å². The highest BCUT2D eigenvalue weighted by Gasteiger charge is 2.14. The van der Waals surface area contributed by atoms with Gasteiger partial charge in [-0.1, -0.05) is 6.92 Å². The van der Waals surface area contributed by atoms with Crippen LogP contribution in [0.5, 0.6) is 0 Å². The fraction of sp³-hybridized carbons (Fsp3) is 0.818. The summed E-state index contributed by atoms with van der Waals surface area (Å²) in [5.41, 5.74) is 5.52. The molecule has 0 heterocycles. The number of aliphatic hydroxyl groups is 1. The van der Waals surface area contributed by atoms with Gasteiger partial charge in [0.1, 0.15) is 0 Å². The van der Waals surface area contributed by atoms with Crippen LogP contribution in [0.25, 0.3) is 0 Å². The summed E-state index contributed by atoms with van der Waals surface area (Å²) in [5, 5.41) is 19.9. The minimum Gasteiger partial charge on any atom is -0.481 e. The lowest BCUT2D eigenvalue weighted by Crippen LogP contribution is -2.41. The van der Waals surface area contributed by atoms with Gasteiger partial charge in [0.2, 0.25) is 5.91 Å². The van der Waals surface area contributed by atoms with Crippen molar-refractivity contribution in [3.8, 4) is 0 Å². The van der Waals surface area contributed by atoms with E-state index in [2.05, 4.69) is 5.32 Å². The largest absolute Gasteiger partial charge is 0.481 e. The van der Waals surface area contributed by atoms with Crippen LogP contribution in [0, 0.1) is 5.92 Å². The molecule has 0 radical (unpaired) electrons. The van der Waals surface area contributed by atoms with Gasteiger partial charge < -0.3 is 21.3 Å². The molecule has 100 valence electrons. The Bertz CT molecular complexity index is 246. The van der Waals surface area contributed by atoms with E-state index in [1.54, 1.807) is 0 Å². The first-order chi connectivity index (χ1) is 7.97. The van der Waals surface area contributed by atoms with E-state index in [0.717, 1.165) is 12.8 Å². The van der Waals surface area contributed by atoms with Crippen molar-refractivity contribution in [3.05, 3.63) is 0 Å². The Morgan fingerprint density at radius 2 is 2.00 bits per heavy atom. The first-order valence-electron chi connectivity index (χ1n) is 5.83. The summed E-state index contributed by atoms with van der Waals surface area (Å²) in [6.45, 7) is 2.58. The lowest BCUT2D eigenvalue weighted by Gasteiger charge is -2.12. The number of aliphatic carboxylic acids is 1. The van der Waals surface area contributed by atoms with E-state index in [-0.39, 0.29) is 31.3 Å². The first kappa shape index (κ1) is 15.9. The number of nitrogens with one attached hydrogen (secondary N) is 1. The summed E-state index contributed by atoms with van der Waals surface area (Å²) in [7, 11) is 0. The van der Waals surface area contributed by atoms with Gasteiger partial charge in [0.15, 0.2) is 0 Å². The van der Waals surface area contributed by atoms with Gasteiger partial charge in [0, 0.05) is 19.6 Å². The number of amides is 1. The molecule has 0 rings (SSSR count). The van der Waals surface area contributed by atoms with E-state index in [9.17, 15) is 9.59 Å². The predicted octanol–water partition coefficient (Wildman–Crippen LogP) is -0.297. The summed E-state index contributed by atoms with van der Waals surface area (Å²) in [4.78, 5) is 21.7. The van der Waals surface area contributed by atoms with Crippen molar-refractivity contribution in [3.63, 3.8) is 0 Å². The van der Waals surface area contributed by atoms with Crippen LogP contribution in [0.2, 0.25) is 0 Å². The lowest BCUT2D eigenvalue weighted by atomic mass is 10.1. The third kappa shape index (κ3) is 8.65. The molecule has 6 heteroatoms. The topological polar surface area (TPSA) is 113 Å². The average molecular weight is 246 g/mol. The maximum atomic E-state index is 11.4. The molecule has 0 aliphatic rings. The van der Waals surface area contributed by atoms with Crippen LogP contribution < -0.4 is 11.1 Å². The van der Waals surface area contributed by atoms with Crippen LogP contribution in [-0.2, 0) is 9.59 Å². The molecule has 2 unspecified atom stereocenters. The minimum absolute atomic E-state index is 0.101. The molecular weight excluding hydrogens is 224 g/mol. The van der Waals surface area contributed by atoms with Crippen LogP contribution in [0.15, 0.2) is 0 Å². The van der Waals surface area contributed by atoms with Crippen molar-refractivity contribution >= 4 is 11.9 Å². The second-order valence-corrected chi connectivity index (χ2v) is 4.26. The van der Waals surface area contributed by atoms with Gasteiger partial charge in [-0.05, 0) is 25.2 Å². The van der Waals surface area contributed by atoms with Gasteiger partial charge in [-0.15, -0.1) is 0 Å². The molecule has 0 aliphatic carbocycles. The molecular formula is C11H22N2O4. The van der Waals surface area contributed by atoms with E-state index in [4.69, 9.17) is 15.9 Å². The SMILES string of the molecule is CC(CO)CCCNC(=O)C(N)CCC(=O)O. The number of aliphatic hydroxyl groups excluding tert-OH is 1. The standard InChI is InChI=1S/C11H22N2O4/c1-8(7-14)3-2-6-13-11(17)9(12)4-5-10(15)16/h8-9,14H,2-7,12H2,1H3,(H,13,17)(H,15,16). The Balaban J connectivity index is 3.60. The Morgan fingerprint density at radius 3 is 2.53 bits per heavy atom. The molecule has 5 N–H and O–H groups in total. The monoisotopic (exact) mass is 246 g/mol. The predicted molar refractivity (Wildman–Crippen MR) is 63.3 cm³/mol. The second-order valence-electron chi connectivity index (χ2n) is 4.26. The van der Waals surface area contributed by atoms with Gasteiger partial charge in [-0.3, -0.25) is 9.59 Å². The highest BCUT2D eigenvalue weighted by atomic mass is 16.4. The van der Waals surface area contributed by atoms with E-state index in [1.807, 2.05) is 6.92 Å². The summed E-state index contributed by atoms with van der Waals surface area (Å²) in [5.74, 6) is -1.04.